The summed E-state index contributed by atoms with van der Waals surface area (Å²) in [5.74, 6) is -0.152. The fourth-order valence-electron chi connectivity index (χ4n) is 3.55. The van der Waals surface area contributed by atoms with Gasteiger partial charge < -0.3 is 14.8 Å². The Hall–Kier alpha value is -2.37. The van der Waals surface area contributed by atoms with Crippen molar-refractivity contribution in [2.24, 2.45) is 0 Å². The third-order valence-electron chi connectivity index (χ3n) is 5.07. The van der Waals surface area contributed by atoms with Crippen LogP contribution < -0.4 is 0 Å². The third kappa shape index (κ3) is 2.20. The van der Waals surface area contributed by atoms with E-state index in [1.807, 2.05) is 11.1 Å². The topological polar surface area (TPSA) is 56.4 Å². The Morgan fingerprint density at radius 1 is 1.22 bits per heavy atom. The van der Waals surface area contributed by atoms with Crippen molar-refractivity contribution >= 4 is 23.2 Å². The quantitative estimate of drug-likeness (QED) is 0.876. The number of rotatable bonds is 3. The minimum absolute atomic E-state index is 0.133. The number of amides is 2. The number of fused-ring (bicyclic) bond motifs is 1. The molecule has 1 saturated heterocycles. The van der Waals surface area contributed by atoms with E-state index < -0.39 is 5.41 Å². The van der Waals surface area contributed by atoms with Crippen LogP contribution in [0.2, 0.25) is 0 Å². The zero-order valence-electron chi connectivity index (χ0n) is 12.7. The SMILES string of the molecule is O=CN1CCN(C(=O)C2(c3c[nH]c4cc(F)ccc34)CC2)CC1. The molecule has 2 fully saturated rings. The molecule has 5 nitrogen and oxygen atoms in total. The molecule has 2 aliphatic rings. The van der Waals surface area contributed by atoms with Gasteiger partial charge in [-0.05, 0) is 36.6 Å². The fourth-order valence-corrected chi connectivity index (χ4v) is 3.55. The van der Waals surface area contributed by atoms with Gasteiger partial charge in [-0.1, -0.05) is 0 Å². The third-order valence-corrected chi connectivity index (χ3v) is 5.07. The first-order chi connectivity index (χ1) is 11.1. The maximum atomic E-state index is 13.3. The molecule has 0 bridgehead atoms. The standard InChI is InChI=1S/C17H18FN3O2/c18-12-1-2-13-14(10-19-15(13)9-12)17(3-4-17)16(23)21-7-5-20(11-22)6-8-21/h1-2,9-11,19H,3-8H2. The second-order valence-corrected chi connectivity index (χ2v) is 6.41. The van der Waals surface area contributed by atoms with Crippen molar-refractivity contribution in [1.82, 2.24) is 14.8 Å². The normalized spacial score (nSPS) is 19.9. The smallest absolute Gasteiger partial charge is 0.233 e. The fraction of sp³-hybridized carbons (Fsp3) is 0.412. The molecule has 1 N–H and O–H groups in total. The van der Waals surface area contributed by atoms with Crippen LogP contribution in [-0.4, -0.2) is 53.3 Å². The zero-order valence-corrected chi connectivity index (χ0v) is 12.7. The van der Waals surface area contributed by atoms with Gasteiger partial charge >= 0.3 is 0 Å². The lowest BCUT2D eigenvalue weighted by atomic mass is 9.93. The first kappa shape index (κ1) is 14.2. The lowest BCUT2D eigenvalue weighted by Gasteiger charge is -2.34. The second-order valence-electron chi connectivity index (χ2n) is 6.41. The van der Waals surface area contributed by atoms with Crippen LogP contribution in [0.5, 0.6) is 0 Å². The van der Waals surface area contributed by atoms with Gasteiger partial charge in [0.25, 0.3) is 0 Å². The first-order valence-corrected chi connectivity index (χ1v) is 7.90. The molecule has 0 atom stereocenters. The van der Waals surface area contributed by atoms with E-state index in [4.69, 9.17) is 0 Å². The number of aromatic amines is 1. The van der Waals surface area contributed by atoms with E-state index in [-0.39, 0.29) is 11.7 Å². The maximum absolute atomic E-state index is 13.3. The van der Waals surface area contributed by atoms with Gasteiger partial charge in [-0.3, -0.25) is 9.59 Å². The number of H-pyrrole nitrogens is 1. The number of hydrogen-bond donors (Lipinski definition) is 1. The Kier molecular flexibility index (Phi) is 3.14. The van der Waals surface area contributed by atoms with E-state index in [1.54, 1.807) is 11.0 Å². The van der Waals surface area contributed by atoms with Crippen molar-refractivity contribution < 1.29 is 14.0 Å². The number of halogens is 1. The molecule has 4 rings (SSSR count). The number of carbonyl (C=O) groups is 2. The van der Waals surface area contributed by atoms with E-state index in [0.29, 0.717) is 26.2 Å². The molecule has 2 heterocycles. The molecule has 1 saturated carbocycles. The summed E-state index contributed by atoms with van der Waals surface area (Å²) in [6, 6.07) is 4.64. The van der Waals surface area contributed by atoms with Crippen LogP contribution >= 0.6 is 0 Å². The van der Waals surface area contributed by atoms with Crippen molar-refractivity contribution in [1.29, 1.82) is 0 Å². The van der Waals surface area contributed by atoms with Gasteiger partial charge in [0.1, 0.15) is 5.82 Å². The largest absolute Gasteiger partial charge is 0.361 e. The molecule has 1 aromatic heterocycles. The molecule has 0 unspecified atom stereocenters. The van der Waals surface area contributed by atoms with Gasteiger partial charge in [-0.25, -0.2) is 4.39 Å². The average Bonchev–Trinajstić information content (AvgIpc) is 3.28. The summed E-state index contributed by atoms with van der Waals surface area (Å²) in [7, 11) is 0. The lowest BCUT2D eigenvalue weighted by molar-refractivity contribution is -0.137. The average molecular weight is 315 g/mol. The predicted octanol–water partition coefficient (Wildman–Crippen LogP) is 1.64. The number of aromatic nitrogens is 1. The summed E-state index contributed by atoms with van der Waals surface area (Å²) in [6.07, 6.45) is 4.33. The Bertz CT molecular complexity index is 773. The highest BCUT2D eigenvalue weighted by Gasteiger charge is 2.54. The van der Waals surface area contributed by atoms with Crippen LogP contribution in [0.3, 0.4) is 0 Å². The molecule has 120 valence electrons. The molecule has 1 aromatic carbocycles. The summed E-state index contributed by atoms with van der Waals surface area (Å²) in [4.78, 5) is 30.4. The predicted molar refractivity (Wildman–Crippen MR) is 83.4 cm³/mol. The van der Waals surface area contributed by atoms with Gasteiger partial charge in [-0.2, -0.15) is 0 Å². The van der Waals surface area contributed by atoms with Crippen LogP contribution in [0.25, 0.3) is 10.9 Å². The monoisotopic (exact) mass is 315 g/mol. The highest BCUT2D eigenvalue weighted by atomic mass is 19.1. The molecular formula is C17H18FN3O2. The summed E-state index contributed by atoms with van der Waals surface area (Å²) < 4.78 is 13.3. The molecular weight excluding hydrogens is 297 g/mol. The first-order valence-electron chi connectivity index (χ1n) is 7.90. The van der Waals surface area contributed by atoms with Crippen LogP contribution in [-0.2, 0) is 15.0 Å². The number of benzene rings is 1. The summed E-state index contributed by atoms with van der Waals surface area (Å²) in [5.41, 5.74) is 1.22. The highest BCUT2D eigenvalue weighted by Crippen LogP contribution is 2.51. The Balaban J connectivity index is 1.62. The minimum atomic E-state index is -0.473. The molecule has 2 amide bonds. The molecule has 6 heteroatoms. The number of nitrogens with one attached hydrogen (secondary N) is 1. The maximum Gasteiger partial charge on any atom is 0.233 e. The van der Waals surface area contributed by atoms with Gasteiger partial charge in [0.2, 0.25) is 12.3 Å². The molecule has 23 heavy (non-hydrogen) atoms. The van der Waals surface area contributed by atoms with Crippen LogP contribution in [0, 0.1) is 5.82 Å². The van der Waals surface area contributed by atoms with Gasteiger partial charge in [0.15, 0.2) is 0 Å². The van der Waals surface area contributed by atoms with Crippen molar-refractivity contribution in [2.75, 3.05) is 26.2 Å². The highest BCUT2D eigenvalue weighted by molar-refractivity contribution is 5.97. The van der Waals surface area contributed by atoms with Crippen molar-refractivity contribution in [3.63, 3.8) is 0 Å². The Morgan fingerprint density at radius 2 is 1.96 bits per heavy atom. The molecule has 0 spiro atoms. The Labute approximate surface area is 133 Å². The van der Waals surface area contributed by atoms with E-state index in [9.17, 15) is 14.0 Å². The van der Waals surface area contributed by atoms with Gasteiger partial charge in [0, 0.05) is 43.3 Å². The summed E-state index contributed by atoms with van der Waals surface area (Å²) in [5, 5.41) is 0.920. The molecule has 0 radical (unpaired) electrons. The number of nitrogens with zero attached hydrogens (tertiary/aromatic N) is 2. The van der Waals surface area contributed by atoms with E-state index in [0.717, 1.165) is 35.7 Å². The van der Waals surface area contributed by atoms with E-state index in [2.05, 4.69) is 4.98 Å². The van der Waals surface area contributed by atoms with Crippen LogP contribution in [0.15, 0.2) is 24.4 Å². The van der Waals surface area contributed by atoms with Gasteiger partial charge in [0.05, 0.1) is 5.41 Å². The number of hydrogen-bond acceptors (Lipinski definition) is 2. The minimum Gasteiger partial charge on any atom is -0.361 e. The van der Waals surface area contributed by atoms with Crippen molar-refractivity contribution in [3.8, 4) is 0 Å². The Morgan fingerprint density at radius 3 is 2.61 bits per heavy atom. The second kappa shape index (κ2) is 5.08. The zero-order chi connectivity index (χ0) is 16.0. The van der Waals surface area contributed by atoms with Crippen molar-refractivity contribution in [2.45, 2.75) is 18.3 Å². The summed E-state index contributed by atoms with van der Waals surface area (Å²) >= 11 is 0. The number of piperazine rings is 1. The van der Waals surface area contributed by atoms with E-state index in [1.165, 1.54) is 12.1 Å². The summed E-state index contributed by atoms with van der Waals surface area (Å²) in [6.45, 7) is 2.33. The molecule has 2 aromatic rings. The lowest BCUT2D eigenvalue weighted by Crippen LogP contribution is -2.51. The molecule has 1 aliphatic heterocycles. The molecule has 1 aliphatic carbocycles. The number of carbonyl (C=O) groups excluding carboxylic acids is 2. The van der Waals surface area contributed by atoms with Gasteiger partial charge in [-0.15, -0.1) is 0 Å². The van der Waals surface area contributed by atoms with E-state index >= 15 is 0 Å². The van der Waals surface area contributed by atoms with Crippen LogP contribution in [0.4, 0.5) is 4.39 Å². The van der Waals surface area contributed by atoms with Crippen LogP contribution in [0.1, 0.15) is 18.4 Å². The van der Waals surface area contributed by atoms with Crippen molar-refractivity contribution in [3.05, 3.63) is 35.8 Å².